The molecule has 0 unspecified atom stereocenters. The Bertz CT molecular complexity index is 224. The molecule has 0 aliphatic heterocycles. The first-order valence-corrected chi connectivity index (χ1v) is 4.76. The summed E-state index contributed by atoms with van der Waals surface area (Å²) < 4.78 is 1.12. The van der Waals surface area contributed by atoms with Crippen LogP contribution in [0.4, 0.5) is 0 Å². The first-order chi connectivity index (χ1) is 4.52. The molecule has 0 radical (unpaired) electrons. The third-order valence-corrected chi connectivity index (χ3v) is 3.01. The van der Waals surface area contributed by atoms with Gasteiger partial charge in [-0.25, -0.2) is 0 Å². The monoisotopic (exact) mass is 219 g/mol. The SMILES string of the molecule is CC(C)(N)c1cscc1Br. The Kier molecular flexibility index (Phi) is 2.18. The van der Waals surface area contributed by atoms with Gasteiger partial charge in [0.05, 0.1) is 0 Å². The van der Waals surface area contributed by atoms with Crippen LogP contribution >= 0.6 is 27.3 Å². The summed E-state index contributed by atoms with van der Waals surface area (Å²) in [6.45, 7) is 4.00. The zero-order valence-electron chi connectivity index (χ0n) is 6.02. The number of hydrogen-bond donors (Lipinski definition) is 1. The summed E-state index contributed by atoms with van der Waals surface area (Å²) in [6.07, 6.45) is 0. The fourth-order valence-electron chi connectivity index (χ4n) is 0.741. The molecule has 0 fully saturated rings. The molecule has 0 aliphatic rings. The van der Waals surface area contributed by atoms with Gasteiger partial charge in [-0.3, -0.25) is 0 Å². The zero-order valence-corrected chi connectivity index (χ0v) is 8.42. The number of thiophene rings is 1. The summed E-state index contributed by atoms with van der Waals surface area (Å²) >= 11 is 5.10. The minimum atomic E-state index is -0.223. The van der Waals surface area contributed by atoms with Crippen molar-refractivity contribution in [2.75, 3.05) is 0 Å². The molecule has 56 valence electrons. The maximum Gasteiger partial charge on any atom is 0.0372 e. The molecule has 2 N–H and O–H groups in total. The number of hydrogen-bond acceptors (Lipinski definition) is 2. The summed E-state index contributed by atoms with van der Waals surface area (Å²) in [5.74, 6) is 0. The third-order valence-electron chi connectivity index (χ3n) is 1.31. The van der Waals surface area contributed by atoms with Crippen molar-refractivity contribution in [2.45, 2.75) is 19.4 Å². The van der Waals surface area contributed by atoms with Gasteiger partial charge in [0, 0.05) is 15.4 Å². The van der Waals surface area contributed by atoms with Gasteiger partial charge in [-0.2, -0.15) is 11.3 Å². The van der Waals surface area contributed by atoms with E-state index in [0.29, 0.717) is 0 Å². The van der Waals surface area contributed by atoms with Crippen molar-refractivity contribution in [1.82, 2.24) is 0 Å². The quantitative estimate of drug-likeness (QED) is 0.773. The molecule has 0 saturated carbocycles. The highest BCUT2D eigenvalue weighted by Crippen LogP contribution is 2.29. The van der Waals surface area contributed by atoms with Crippen molar-refractivity contribution < 1.29 is 0 Å². The van der Waals surface area contributed by atoms with E-state index < -0.39 is 0 Å². The predicted molar refractivity (Wildman–Crippen MR) is 49.2 cm³/mol. The molecule has 1 rings (SSSR count). The van der Waals surface area contributed by atoms with Gasteiger partial charge in [-0.1, -0.05) is 0 Å². The molecule has 0 atom stereocenters. The highest BCUT2D eigenvalue weighted by Gasteiger charge is 2.17. The van der Waals surface area contributed by atoms with Gasteiger partial charge in [0.25, 0.3) is 0 Å². The molecule has 0 bridgehead atoms. The Hall–Kier alpha value is 0.140. The van der Waals surface area contributed by atoms with E-state index in [9.17, 15) is 0 Å². The molecule has 1 aromatic rings. The van der Waals surface area contributed by atoms with E-state index in [4.69, 9.17) is 5.73 Å². The maximum absolute atomic E-state index is 5.88. The highest BCUT2D eigenvalue weighted by molar-refractivity contribution is 9.10. The van der Waals surface area contributed by atoms with Gasteiger partial charge in [0.15, 0.2) is 0 Å². The molecule has 0 aromatic carbocycles. The van der Waals surface area contributed by atoms with E-state index in [-0.39, 0.29) is 5.54 Å². The van der Waals surface area contributed by atoms with Crippen molar-refractivity contribution >= 4 is 27.3 Å². The van der Waals surface area contributed by atoms with Crippen molar-refractivity contribution in [3.63, 3.8) is 0 Å². The minimum absolute atomic E-state index is 0.223. The van der Waals surface area contributed by atoms with Crippen LogP contribution in [-0.2, 0) is 5.54 Å². The summed E-state index contributed by atoms with van der Waals surface area (Å²) in [5, 5.41) is 4.12. The van der Waals surface area contributed by atoms with Crippen LogP contribution in [0.15, 0.2) is 15.2 Å². The van der Waals surface area contributed by atoms with Crippen LogP contribution in [0.2, 0.25) is 0 Å². The standard InChI is InChI=1S/C7H10BrNS/c1-7(2,9)5-3-10-4-6(5)8/h3-4H,9H2,1-2H3. The second-order valence-corrected chi connectivity index (χ2v) is 4.45. The average molecular weight is 220 g/mol. The Morgan fingerprint density at radius 3 is 2.30 bits per heavy atom. The van der Waals surface area contributed by atoms with Gasteiger partial charge in [0.2, 0.25) is 0 Å². The molecule has 0 spiro atoms. The smallest absolute Gasteiger partial charge is 0.0372 e. The Balaban J connectivity index is 3.05. The van der Waals surface area contributed by atoms with Gasteiger partial charge in [-0.05, 0) is 40.7 Å². The lowest BCUT2D eigenvalue weighted by molar-refractivity contribution is 0.554. The molecule has 1 aromatic heterocycles. The first-order valence-electron chi connectivity index (χ1n) is 3.03. The van der Waals surface area contributed by atoms with Crippen LogP contribution in [-0.4, -0.2) is 0 Å². The summed E-state index contributed by atoms with van der Waals surface area (Å²) in [5.41, 5.74) is 6.83. The summed E-state index contributed by atoms with van der Waals surface area (Å²) in [6, 6.07) is 0. The molecule has 0 saturated heterocycles. The Morgan fingerprint density at radius 2 is 2.10 bits per heavy atom. The number of nitrogens with two attached hydrogens (primary N) is 1. The van der Waals surface area contributed by atoms with Crippen LogP contribution in [0.5, 0.6) is 0 Å². The Morgan fingerprint density at radius 1 is 1.50 bits per heavy atom. The van der Waals surface area contributed by atoms with Crippen LogP contribution in [0.25, 0.3) is 0 Å². The van der Waals surface area contributed by atoms with Gasteiger partial charge < -0.3 is 5.73 Å². The van der Waals surface area contributed by atoms with Gasteiger partial charge in [-0.15, -0.1) is 0 Å². The van der Waals surface area contributed by atoms with Crippen molar-refractivity contribution in [2.24, 2.45) is 5.73 Å². The lowest BCUT2D eigenvalue weighted by Crippen LogP contribution is -2.28. The summed E-state index contributed by atoms with van der Waals surface area (Å²) in [7, 11) is 0. The molecule has 3 heteroatoms. The second-order valence-electron chi connectivity index (χ2n) is 2.86. The van der Waals surface area contributed by atoms with Crippen molar-refractivity contribution in [3.05, 3.63) is 20.8 Å². The average Bonchev–Trinajstić information content (AvgIpc) is 2.11. The fourth-order valence-corrected chi connectivity index (χ4v) is 2.72. The number of halogens is 1. The molecule has 10 heavy (non-hydrogen) atoms. The Labute approximate surface area is 73.4 Å². The third kappa shape index (κ3) is 1.59. The predicted octanol–water partition coefficient (Wildman–Crippen LogP) is 2.70. The largest absolute Gasteiger partial charge is 0.322 e. The maximum atomic E-state index is 5.88. The van der Waals surface area contributed by atoms with Gasteiger partial charge >= 0.3 is 0 Å². The first kappa shape index (κ1) is 8.24. The van der Waals surface area contributed by atoms with E-state index in [1.165, 1.54) is 5.56 Å². The van der Waals surface area contributed by atoms with Crippen LogP contribution < -0.4 is 5.73 Å². The summed E-state index contributed by atoms with van der Waals surface area (Å²) in [4.78, 5) is 0. The topological polar surface area (TPSA) is 26.0 Å². The number of rotatable bonds is 1. The molecular weight excluding hydrogens is 210 g/mol. The van der Waals surface area contributed by atoms with E-state index in [1.807, 2.05) is 19.2 Å². The van der Waals surface area contributed by atoms with E-state index in [0.717, 1.165) is 4.47 Å². The fraction of sp³-hybridized carbons (Fsp3) is 0.429. The molecule has 1 nitrogen and oxygen atoms in total. The zero-order chi connectivity index (χ0) is 7.78. The van der Waals surface area contributed by atoms with Crippen LogP contribution in [0.3, 0.4) is 0 Å². The van der Waals surface area contributed by atoms with E-state index in [2.05, 4.69) is 21.3 Å². The lowest BCUT2D eigenvalue weighted by Gasteiger charge is -2.17. The van der Waals surface area contributed by atoms with Crippen LogP contribution in [0, 0.1) is 0 Å². The minimum Gasteiger partial charge on any atom is -0.322 e. The van der Waals surface area contributed by atoms with Crippen molar-refractivity contribution in [1.29, 1.82) is 0 Å². The molecular formula is C7H10BrNS. The van der Waals surface area contributed by atoms with E-state index in [1.54, 1.807) is 11.3 Å². The normalized spacial score (nSPS) is 12.0. The van der Waals surface area contributed by atoms with Gasteiger partial charge in [0.1, 0.15) is 0 Å². The van der Waals surface area contributed by atoms with E-state index >= 15 is 0 Å². The lowest BCUT2D eigenvalue weighted by atomic mass is 9.99. The molecule has 1 heterocycles. The van der Waals surface area contributed by atoms with Crippen molar-refractivity contribution in [3.8, 4) is 0 Å². The highest BCUT2D eigenvalue weighted by atomic mass is 79.9. The van der Waals surface area contributed by atoms with Crippen LogP contribution in [0.1, 0.15) is 19.4 Å². The molecule has 0 aliphatic carbocycles. The molecule has 0 amide bonds. The second kappa shape index (κ2) is 2.64.